The van der Waals surface area contributed by atoms with Crippen molar-refractivity contribution in [1.29, 1.82) is 0 Å². The summed E-state index contributed by atoms with van der Waals surface area (Å²) in [5.74, 6) is 0.634. The normalized spacial score (nSPS) is 23.0. The minimum atomic E-state index is -0.231. The fourth-order valence-electron chi connectivity index (χ4n) is 3.17. The standard InChI is InChI=1S/C15H31NO2/c1-5-15(4,16(6-2)7-3)14(17)12-13-8-10-18-11-9-13/h13-14,17H,5-12H2,1-4H3. The Bertz CT molecular complexity index is 225. The third-order valence-electron chi connectivity index (χ3n) is 4.82. The number of hydrogen-bond donors (Lipinski definition) is 1. The van der Waals surface area contributed by atoms with Gasteiger partial charge in [0.1, 0.15) is 0 Å². The average molecular weight is 257 g/mol. The first-order chi connectivity index (χ1) is 8.58. The smallest absolute Gasteiger partial charge is 0.0723 e. The summed E-state index contributed by atoms with van der Waals surface area (Å²) in [5, 5.41) is 10.7. The van der Waals surface area contributed by atoms with Crippen LogP contribution in [0.25, 0.3) is 0 Å². The summed E-state index contributed by atoms with van der Waals surface area (Å²) in [6, 6.07) is 0. The van der Waals surface area contributed by atoms with Gasteiger partial charge in [0.05, 0.1) is 6.10 Å². The first-order valence-corrected chi connectivity index (χ1v) is 7.59. The summed E-state index contributed by atoms with van der Waals surface area (Å²) in [6.45, 7) is 12.5. The second-order valence-corrected chi connectivity index (χ2v) is 5.69. The molecule has 0 aromatic carbocycles. The minimum absolute atomic E-state index is 0.0815. The van der Waals surface area contributed by atoms with Crippen LogP contribution in [0.15, 0.2) is 0 Å². The second-order valence-electron chi connectivity index (χ2n) is 5.69. The molecule has 1 fully saturated rings. The zero-order valence-corrected chi connectivity index (χ0v) is 12.6. The minimum Gasteiger partial charge on any atom is -0.391 e. The molecule has 1 saturated heterocycles. The van der Waals surface area contributed by atoms with Crippen LogP contribution in [0.5, 0.6) is 0 Å². The van der Waals surface area contributed by atoms with Gasteiger partial charge in [-0.25, -0.2) is 0 Å². The van der Waals surface area contributed by atoms with Gasteiger partial charge in [-0.1, -0.05) is 20.8 Å². The number of ether oxygens (including phenoxy) is 1. The molecule has 0 radical (unpaired) electrons. The lowest BCUT2D eigenvalue weighted by Gasteiger charge is -2.44. The molecule has 0 aromatic heterocycles. The molecule has 1 aliphatic rings. The van der Waals surface area contributed by atoms with Gasteiger partial charge in [-0.05, 0) is 51.6 Å². The van der Waals surface area contributed by atoms with E-state index in [1.165, 1.54) is 0 Å². The van der Waals surface area contributed by atoms with Gasteiger partial charge in [0, 0.05) is 18.8 Å². The lowest BCUT2D eigenvalue weighted by atomic mass is 9.82. The van der Waals surface area contributed by atoms with E-state index >= 15 is 0 Å². The van der Waals surface area contributed by atoms with Crippen molar-refractivity contribution in [1.82, 2.24) is 4.90 Å². The number of rotatable bonds is 7. The predicted octanol–water partition coefficient (Wildman–Crippen LogP) is 2.67. The quantitative estimate of drug-likeness (QED) is 0.761. The Kier molecular flexibility index (Phi) is 6.61. The molecular weight excluding hydrogens is 226 g/mol. The molecule has 18 heavy (non-hydrogen) atoms. The molecule has 2 unspecified atom stereocenters. The highest BCUT2D eigenvalue weighted by Crippen LogP contribution is 2.30. The van der Waals surface area contributed by atoms with Crippen LogP contribution in [0.2, 0.25) is 0 Å². The average Bonchev–Trinajstić information content (AvgIpc) is 2.40. The Morgan fingerprint density at radius 1 is 1.22 bits per heavy atom. The van der Waals surface area contributed by atoms with Crippen molar-refractivity contribution < 1.29 is 9.84 Å². The fraction of sp³-hybridized carbons (Fsp3) is 1.00. The molecule has 3 nitrogen and oxygen atoms in total. The Hall–Kier alpha value is -0.120. The molecule has 0 bridgehead atoms. The van der Waals surface area contributed by atoms with Gasteiger partial charge in [-0.2, -0.15) is 0 Å². The summed E-state index contributed by atoms with van der Waals surface area (Å²) in [6.07, 6.45) is 3.90. The van der Waals surface area contributed by atoms with Gasteiger partial charge in [0.25, 0.3) is 0 Å². The first kappa shape index (κ1) is 15.9. The van der Waals surface area contributed by atoms with Crippen molar-refractivity contribution in [3.05, 3.63) is 0 Å². The van der Waals surface area contributed by atoms with Gasteiger partial charge in [-0.15, -0.1) is 0 Å². The maximum absolute atomic E-state index is 10.7. The van der Waals surface area contributed by atoms with Crippen LogP contribution in [-0.2, 0) is 4.74 Å². The SMILES string of the molecule is CCN(CC)C(C)(CC)C(O)CC1CCOCC1. The first-order valence-electron chi connectivity index (χ1n) is 7.59. The Morgan fingerprint density at radius 2 is 1.78 bits per heavy atom. The summed E-state index contributed by atoms with van der Waals surface area (Å²) in [4.78, 5) is 2.40. The number of nitrogens with zero attached hydrogens (tertiary/aromatic N) is 1. The molecule has 3 heteroatoms. The Balaban J connectivity index is 2.61. The molecule has 0 aliphatic carbocycles. The summed E-state index contributed by atoms with van der Waals surface area (Å²) in [5.41, 5.74) is -0.0815. The van der Waals surface area contributed by atoms with Crippen LogP contribution in [0.1, 0.15) is 53.4 Å². The number of aliphatic hydroxyl groups is 1. The van der Waals surface area contributed by atoms with E-state index in [0.717, 1.165) is 52.0 Å². The molecule has 0 amide bonds. The van der Waals surface area contributed by atoms with Gasteiger partial charge in [0.2, 0.25) is 0 Å². The van der Waals surface area contributed by atoms with E-state index in [9.17, 15) is 5.11 Å². The summed E-state index contributed by atoms with van der Waals surface area (Å²) in [7, 11) is 0. The van der Waals surface area contributed by atoms with E-state index in [-0.39, 0.29) is 11.6 Å². The molecule has 108 valence electrons. The molecule has 0 spiro atoms. The maximum Gasteiger partial charge on any atom is 0.0723 e. The Labute approximate surface area is 113 Å². The van der Waals surface area contributed by atoms with Crippen molar-refractivity contribution in [3.63, 3.8) is 0 Å². The summed E-state index contributed by atoms with van der Waals surface area (Å²) >= 11 is 0. The van der Waals surface area contributed by atoms with E-state index < -0.39 is 0 Å². The van der Waals surface area contributed by atoms with E-state index in [0.29, 0.717) is 5.92 Å². The monoisotopic (exact) mass is 257 g/mol. The van der Waals surface area contributed by atoms with E-state index in [2.05, 4.69) is 32.6 Å². The van der Waals surface area contributed by atoms with E-state index in [1.54, 1.807) is 0 Å². The lowest BCUT2D eigenvalue weighted by Crippen LogP contribution is -2.54. The number of likely N-dealkylation sites (N-methyl/N-ethyl adjacent to an activating group) is 1. The van der Waals surface area contributed by atoms with E-state index in [4.69, 9.17) is 4.74 Å². The molecular formula is C15H31NO2. The third-order valence-corrected chi connectivity index (χ3v) is 4.82. The highest BCUT2D eigenvalue weighted by atomic mass is 16.5. The molecule has 1 heterocycles. The van der Waals surface area contributed by atoms with Crippen molar-refractivity contribution >= 4 is 0 Å². The highest BCUT2D eigenvalue weighted by molar-refractivity contribution is 4.92. The fourth-order valence-corrected chi connectivity index (χ4v) is 3.17. The van der Waals surface area contributed by atoms with Crippen molar-refractivity contribution in [3.8, 4) is 0 Å². The topological polar surface area (TPSA) is 32.7 Å². The van der Waals surface area contributed by atoms with Crippen LogP contribution in [0, 0.1) is 5.92 Å². The second kappa shape index (κ2) is 7.46. The van der Waals surface area contributed by atoms with E-state index in [1.807, 2.05) is 0 Å². The van der Waals surface area contributed by atoms with Crippen molar-refractivity contribution in [2.75, 3.05) is 26.3 Å². The molecule has 1 aliphatic heterocycles. The van der Waals surface area contributed by atoms with Crippen molar-refractivity contribution in [2.24, 2.45) is 5.92 Å². The Morgan fingerprint density at radius 3 is 2.22 bits per heavy atom. The van der Waals surface area contributed by atoms with Crippen LogP contribution in [-0.4, -0.2) is 48.0 Å². The third kappa shape index (κ3) is 3.69. The van der Waals surface area contributed by atoms with Gasteiger partial charge < -0.3 is 9.84 Å². The zero-order chi connectivity index (χ0) is 13.6. The zero-order valence-electron chi connectivity index (χ0n) is 12.6. The maximum atomic E-state index is 10.7. The van der Waals surface area contributed by atoms with Crippen LogP contribution in [0.3, 0.4) is 0 Å². The highest BCUT2D eigenvalue weighted by Gasteiger charge is 2.37. The van der Waals surface area contributed by atoms with Gasteiger partial charge in [-0.3, -0.25) is 4.90 Å². The lowest BCUT2D eigenvalue weighted by molar-refractivity contribution is -0.0419. The van der Waals surface area contributed by atoms with Crippen LogP contribution >= 0.6 is 0 Å². The van der Waals surface area contributed by atoms with Gasteiger partial charge in [0.15, 0.2) is 0 Å². The van der Waals surface area contributed by atoms with Crippen molar-refractivity contribution in [2.45, 2.75) is 65.0 Å². The predicted molar refractivity (Wildman–Crippen MR) is 75.8 cm³/mol. The number of hydrogen-bond acceptors (Lipinski definition) is 3. The van der Waals surface area contributed by atoms with Gasteiger partial charge >= 0.3 is 0 Å². The molecule has 1 N–H and O–H groups in total. The molecule has 1 rings (SSSR count). The molecule has 2 atom stereocenters. The number of aliphatic hydroxyl groups excluding tert-OH is 1. The molecule has 0 aromatic rings. The largest absolute Gasteiger partial charge is 0.391 e. The van der Waals surface area contributed by atoms with Crippen LogP contribution < -0.4 is 0 Å². The van der Waals surface area contributed by atoms with Crippen LogP contribution in [0.4, 0.5) is 0 Å². The summed E-state index contributed by atoms with van der Waals surface area (Å²) < 4.78 is 5.39. The molecule has 0 saturated carbocycles.